The first-order chi connectivity index (χ1) is 14.9. The van der Waals surface area contributed by atoms with Crippen LogP contribution in [0.3, 0.4) is 0 Å². The molecule has 10 heteroatoms. The van der Waals surface area contributed by atoms with Gasteiger partial charge in [0.2, 0.25) is 0 Å². The third-order valence-electron chi connectivity index (χ3n) is 4.91. The molecule has 0 unspecified atom stereocenters. The van der Waals surface area contributed by atoms with Gasteiger partial charge >= 0.3 is 5.97 Å². The first-order valence-electron chi connectivity index (χ1n) is 9.81. The van der Waals surface area contributed by atoms with E-state index in [0.717, 1.165) is 17.8 Å². The van der Waals surface area contributed by atoms with Gasteiger partial charge < -0.3 is 24.8 Å². The number of aryl methyl sites for hydroxylation is 2. The van der Waals surface area contributed by atoms with Crippen molar-refractivity contribution in [2.24, 2.45) is 0 Å². The van der Waals surface area contributed by atoms with E-state index in [4.69, 9.17) is 14.6 Å². The van der Waals surface area contributed by atoms with E-state index in [0.29, 0.717) is 0 Å². The number of hydrogen-bond donors (Lipinski definition) is 2. The van der Waals surface area contributed by atoms with Crippen molar-refractivity contribution in [2.45, 2.75) is 27.0 Å². The molecule has 1 amide bonds. The zero-order valence-electron chi connectivity index (χ0n) is 17.6. The van der Waals surface area contributed by atoms with Crippen molar-refractivity contribution >= 4 is 17.6 Å². The molecule has 2 aromatic rings. The molecule has 1 aliphatic rings. The van der Waals surface area contributed by atoms with E-state index in [1.807, 2.05) is 20.0 Å². The number of anilines is 1. The first kappa shape index (κ1) is 22.3. The van der Waals surface area contributed by atoms with Gasteiger partial charge in [-0.1, -0.05) is 0 Å². The van der Waals surface area contributed by atoms with Crippen LogP contribution in [-0.2, 0) is 27.5 Å². The molecule has 1 aromatic carbocycles. The van der Waals surface area contributed by atoms with Crippen molar-refractivity contribution in [1.82, 2.24) is 14.7 Å². The average Bonchev–Trinajstić information content (AvgIpc) is 3.27. The van der Waals surface area contributed by atoms with E-state index in [-0.39, 0.29) is 49.0 Å². The Morgan fingerprint density at radius 3 is 2.77 bits per heavy atom. The highest BCUT2D eigenvalue weighted by Gasteiger charge is 2.34. The maximum Gasteiger partial charge on any atom is 0.337 e. The van der Waals surface area contributed by atoms with Crippen LogP contribution in [0.4, 0.5) is 10.1 Å². The summed E-state index contributed by atoms with van der Waals surface area (Å²) in [7, 11) is 1.21. The van der Waals surface area contributed by atoms with E-state index < -0.39 is 17.7 Å². The van der Waals surface area contributed by atoms with Crippen LogP contribution in [0, 0.1) is 12.7 Å². The van der Waals surface area contributed by atoms with Gasteiger partial charge in [0.25, 0.3) is 5.91 Å². The summed E-state index contributed by atoms with van der Waals surface area (Å²) in [5.41, 5.74) is 2.06. The van der Waals surface area contributed by atoms with E-state index in [9.17, 15) is 14.0 Å². The molecule has 31 heavy (non-hydrogen) atoms. The van der Waals surface area contributed by atoms with Crippen molar-refractivity contribution in [2.75, 3.05) is 32.1 Å². The second-order valence-corrected chi connectivity index (χ2v) is 6.95. The third kappa shape index (κ3) is 4.85. The number of nitrogens with zero attached hydrogens (tertiary/aromatic N) is 3. The number of β-amino-alcohol motifs (C(OH)–C–C–N with tert-alkyl or cyclic N) is 1. The number of nitrogens with one attached hydrogen (secondary N) is 1. The van der Waals surface area contributed by atoms with Crippen LogP contribution < -0.4 is 10.1 Å². The third-order valence-corrected chi connectivity index (χ3v) is 4.91. The van der Waals surface area contributed by atoms with Gasteiger partial charge in [-0.15, -0.1) is 0 Å². The van der Waals surface area contributed by atoms with Crippen molar-refractivity contribution in [3.8, 4) is 5.75 Å². The molecule has 0 bridgehead atoms. The summed E-state index contributed by atoms with van der Waals surface area (Å²) >= 11 is 0. The molecule has 3 rings (SSSR count). The number of aromatic nitrogens is 2. The number of aliphatic hydroxyl groups is 1. The lowest BCUT2D eigenvalue weighted by Gasteiger charge is -2.15. The number of hydrogen-bond acceptors (Lipinski definition) is 7. The fourth-order valence-electron chi connectivity index (χ4n) is 3.21. The maximum atomic E-state index is 14.6. The molecule has 0 aliphatic carbocycles. The summed E-state index contributed by atoms with van der Waals surface area (Å²) in [6.07, 6.45) is 1.85. The molecular formula is C21H25FN4O5. The minimum absolute atomic E-state index is 0.00285. The molecule has 0 fully saturated rings. The van der Waals surface area contributed by atoms with Crippen molar-refractivity contribution in [1.29, 1.82) is 0 Å². The molecule has 0 radical (unpaired) electrons. The number of methoxy groups -OCH3 is 1. The quantitative estimate of drug-likeness (QED) is 0.580. The van der Waals surface area contributed by atoms with Gasteiger partial charge in [-0.3, -0.25) is 9.48 Å². The highest BCUT2D eigenvalue weighted by atomic mass is 19.1. The standard InChI is InChI=1S/C21H25FN4O5/c1-4-26-10-14(13(2)24-26)12-31-18-6-5-15(9-17(18)22)23-19-16(21(29)30-3)11-25(7-8-27)20(19)28/h5-6,9-10,23,27H,4,7-8,11-12H2,1-3H3. The molecule has 2 N–H and O–H groups in total. The summed E-state index contributed by atoms with van der Waals surface area (Å²) in [6, 6.07) is 4.17. The Morgan fingerprint density at radius 1 is 1.39 bits per heavy atom. The normalized spacial score (nSPS) is 13.7. The van der Waals surface area contributed by atoms with Gasteiger partial charge in [-0.2, -0.15) is 5.10 Å². The maximum absolute atomic E-state index is 14.6. The van der Waals surface area contributed by atoms with Crippen molar-refractivity contribution < 1.29 is 28.6 Å². The SMILES string of the molecule is CCn1cc(COc2ccc(NC3=C(C(=O)OC)CN(CCO)C3=O)cc2F)c(C)n1. The molecule has 1 aliphatic heterocycles. The lowest BCUT2D eigenvalue weighted by atomic mass is 10.2. The lowest BCUT2D eigenvalue weighted by molar-refractivity contribution is -0.136. The Kier molecular flexibility index (Phi) is 6.91. The number of aliphatic hydroxyl groups excluding tert-OH is 1. The lowest BCUT2D eigenvalue weighted by Crippen LogP contribution is -2.31. The average molecular weight is 432 g/mol. The van der Waals surface area contributed by atoms with Gasteiger partial charge in [0.1, 0.15) is 12.3 Å². The Morgan fingerprint density at radius 2 is 2.16 bits per heavy atom. The number of benzene rings is 1. The molecule has 0 atom stereocenters. The Balaban J connectivity index is 1.74. The number of carbonyl (C=O) groups is 2. The summed E-state index contributed by atoms with van der Waals surface area (Å²) < 4.78 is 26.7. The van der Waals surface area contributed by atoms with E-state index in [1.54, 1.807) is 10.7 Å². The number of halogens is 1. The largest absolute Gasteiger partial charge is 0.486 e. The van der Waals surface area contributed by atoms with Crippen LogP contribution in [-0.4, -0.2) is 58.5 Å². The fourth-order valence-corrected chi connectivity index (χ4v) is 3.21. The van der Waals surface area contributed by atoms with Crippen LogP contribution in [0.15, 0.2) is 35.7 Å². The minimum atomic E-state index is -0.667. The van der Waals surface area contributed by atoms with Gasteiger partial charge in [0, 0.05) is 36.6 Å². The van der Waals surface area contributed by atoms with Crippen LogP contribution in [0.2, 0.25) is 0 Å². The van der Waals surface area contributed by atoms with E-state index in [2.05, 4.69) is 10.4 Å². The number of amides is 1. The molecule has 0 spiro atoms. The molecule has 166 valence electrons. The fraction of sp³-hybridized carbons (Fsp3) is 0.381. The number of rotatable bonds is 9. The molecule has 9 nitrogen and oxygen atoms in total. The first-order valence-corrected chi connectivity index (χ1v) is 9.81. The topological polar surface area (TPSA) is 106 Å². The Labute approximate surface area is 179 Å². The van der Waals surface area contributed by atoms with Gasteiger partial charge in [0.15, 0.2) is 11.6 Å². The minimum Gasteiger partial charge on any atom is -0.486 e. The summed E-state index contributed by atoms with van der Waals surface area (Å²) in [5, 5.41) is 16.2. The van der Waals surface area contributed by atoms with E-state index >= 15 is 0 Å². The van der Waals surface area contributed by atoms with Crippen molar-refractivity contribution in [3.63, 3.8) is 0 Å². The van der Waals surface area contributed by atoms with Crippen molar-refractivity contribution in [3.05, 3.63) is 52.7 Å². The highest BCUT2D eigenvalue weighted by Crippen LogP contribution is 2.26. The van der Waals surface area contributed by atoms with Gasteiger partial charge in [-0.05, 0) is 26.0 Å². The van der Waals surface area contributed by atoms with Gasteiger partial charge in [-0.25, -0.2) is 9.18 Å². The van der Waals surface area contributed by atoms with Crippen LogP contribution in [0.5, 0.6) is 5.75 Å². The molecule has 2 heterocycles. The summed E-state index contributed by atoms with van der Waals surface area (Å²) in [4.78, 5) is 25.9. The zero-order valence-corrected chi connectivity index (χ0v) is 17.6. The van der Waals surface area contributed by atoms with Crippen LogP contribution in [0.1, 0.15) is 18.2 Å². The Bertz CT molecular complexity index is 1020. The molecule has 1 aromatic heterocycles. The van der Waals surface area contributed by atoms with Crippen LogP contribution in [0.25, 0.3) is 0 Å². The zero-order chi connectivity index (χ0) is 22.5. The molecule has 0 saturated carbocycles. The second-order valence-electron chi connectivity index (χ2n) is 6.95. The second kappa shape index (κ2) is 9.61. The molecule has 0 saturated heterocycles. The van der Waals surface area contributed by atoms with Crippen LogP contribution >= 0.6 is 0 Å². The van der Waals surface area contributed by atoms with E-state index in [1.165, 1.54) is 24.1 Å². The smallest absolute Gasteiger partial charge is 0.337 e. The number of ether oxygens (including phenoxy) is 2. The summed E-state index contributed by atoms with van der Waals surface area (Å²) in [5.74, 6) is -1.71. The Hall–Kier alpha value is -3.40. The number of carbonyl (C=O) groups excluding carboxylic acids is 2. The number of esters is 1. The van der Waals surface area contributed by atoms with Gasteiger partial charge in [0.05, 0.1) is 31.5 Å². The predicted molar refractivity (Wildman–Crippen MR) is 110 cm³/mol. The highest BCUT2D eigenvalue weighted by molar-refractivity contribution is 6.08. The predicted octanol–water partition coefficient (Wildman–Crippen LogP) is 1.60. The summed E-state index contributed by atoms with van der Waals surface area (Å²) in [6.45, 7) is 4.56. The molecular weight excluding hydrogens is 407 g/mol. The monoisotopic (exact) mass is 432 g/mol.